The van der Waals surface area contributed by atoms with Crippen molar-refractivity contribution in [2.45, 2.75) is 96.8 Å². The standard InChI is InChI=1S/C29H38F4O/c1-3-5-7-8-10-20-11-13-21(14-12-20)22-15-16-23(27(31)26(22)30)24-17-18-25(29(33)28(24)32)34-19-9-6-4-2/h15-18,20-21H,3-14,19H2,1-2H3. The Hall–Kier alpha value is -2.04. The summed E-state index contributed by atoms with van der Waals surface area (Å²) in [5, 5.41) is 0. The normalized spacial score (nSPS) is 18.3. The van der Waals surface area contributed by atoms with Gasteiger partial charge in [0.25, 0.3) is 0 Å². The van der Waals surface area contributed by atoms with E-state index >= 15 is 8.78 Å². The molecule has 1 aliphatic carbocycles. The molecule has 0 aliphatic heterocycles. The third-order valence-electron chi connectivity index (χ3n) is 7.21. The number of halogens is 4. The third kappa shape index (κ3) is 6.55. The minimum absolute atomic E-state index is 0.0316. The summed E-state index contributed by atoms with van der Waals surface area (Å²) in [4.78, 5) is 0. The molecule has 0 bridgehead atoms. The van der Waals surface area contributed by atoms with Gasteiger partial charge in [-0.05, 0) is 61.6 Å². The number of benzene rings is 2. The molecule has 188 valence electrons. The van der Waals surface area contributed by atoms with Gasteiger partial charge in [-0.15, -0.1) is 0 Å². The van der Waals surface area contributed by atoms with Gasteiger partial charge in [0.2, 0.25) is 5.82 Å². The molecule has 0 N–H and O–H groups in total. The fraction of sp³-hybridized carbons (Fsp3) is 0.586. The highest BCUT2D eigenvalue weighted by Crippen LogP contribution is 2.41. The molecule has 5 heteroatoms. The topological polar surface area (TPSA) is 9.23 Å². The SMILES string of the molecule is CCCCCCC1CCC(c2ccc(-c3ccc(OCCCCC)c(F)c3F)c(F)c2F)CC1. The van der Waals surface area contributed by atoms with Crippen LogP contribution in [0.1, 0.15) is 102 Å². The molecule has 2 aromatic carbocycles. The first-order chi connectivity index (χ1) is 16.5. The number of ether oxygens (including phenoxy) is 1. The van der Waals surface area contributed by atoms with Crippen LogP contribution in [0.25, 0.3) is 11.1 Å². The largest absolute Gasteiger partial charge is 0.490 e. The Kier molecular flexibility index (Phi) is 10.3. The van der Waals surface area contributed by atoms with Gasteiger partial charge in [0.1, 0.15) is 0 Å². The van der Waals surface area contributed by atoms with Gasteiger partial charge < -0.3 is 4.74 Å². The molecule has 0 amide bonds. The van der Waals surface area contributed by atoms with E-state index in [1.54, 1.807) is 6.07 Å². The molecule has 0 saturated heterocycles. The maximum atomic E-state index is 15.1. The summed E-state index contributed by atoms with van der Waals surface area (Å²) >= 11 is 0. The molecule has 1 saturated carbocycles. The second kappa shape index (κ2) is 13.2. The molecule has 3 rings (SSSR count). The number of hydrogen-bond donors (Lipinski definition) is 0. The maximum Gasteiger partial charge on any atom is 0.201 e. The van der Waals surface area contributed by atoms with Gasteiger partial charge in [-0.2, -0.15) is 4.39 Å². The van der Waals surface area contributed by atoms with E-state index in [-0.39, 0.29) is 29.4 Å². The number of rotatable bonds is 12. The van der Waals surface area contributed by atoms with Gasteiger partial charge >= 0.3 is 0 Å². The molecule has 34 heavy (non-hydrogen) atoms. The second-order valence-corrected chi connectivity index (χ2v) is 9.69. The zero-order valence-corrected chi connectivity index (χ0v) is 20.6. The van der Waals surface area contributed by atoms with E-state index in [0.717, 1.165) is 44.9 Å². The summed E-state index contributed by atoms with van der Waals surface area (Å²) in [6.45, 7) is 4.52. The molecular weight excluding hydrogens is 440 g/mol. The van der Waals surface area contributed by atoms with E-state index < -0.39 is 23.3 Å². The van der Waals surface area contributed by atoms with Crippen LogP contribution < -0.4 is 4.74 Å². The zero-order chi connectivity index (χ0) is 24.5. The first kappa shape index (κ1) is 26.6. The Bertz CT molecular complexity index is 919. The van der Waals surface area contributed by atoms with Crippen LogP contribution in [-0.4, -0.2) is 6.61 Å². The fourth-order valence-corrected chi connectivity index (χ4v) is 5.10. The van der Waals surface area contributed by atoms with Crippen molar-refractivity contribution in [2.24, 2.45) is 5.92 Å². The van der Waals surface area contributed by atoms with Crippen LogP contribution in [0.5, 0.6) is 5.75 Å². The van der Waals surface area contributed by atoms with Crippen LogP contribution in [0.4, 0.5) is 17.6 Å². The molecule has 0 atom stereocenters. The smallest absolute Gasteiger partial charge is 0.201 e. The van der Waals surface area contributed by atoms with Crippen LogP contribution >= 0.6 is 0 Å². The highest BCUT2D eigenvalue weighted by atomic mass is 19.2. The van der Waals surface area contributed by atoms with Crippen LogP contribution in [-0.2, 0) is 0 Å². The second-order valence-electron chi connectivity index (χ2n) is 9.69. The van der Waals surface area contributed by atoms with Crippen LogP contribution in [0.3, 0.4) is 0 Å². The first-order valence-electron chi connectivity index (χ1n) is 13.1. The van der Waals surface area contributed by atoms with Crippen LogP contribution in [0.2, 0.25) is 0 Å². The lowest BCUT2D eigenvalue weighted by Gasteiger charge is -2.29. The van der Waals surface area contributed by atoms with Gasteiger partial charge in [0.15, 0.2) is 23.2 Å². The van der Waals surface area contributed by atoms with Gasteiger partial charge in [-0.1, -0.05) is 70.9 Å². The van der Waals surface area contributed by atoms with E-state index in [1.807, 2.05) is 6.92 Å². The highest BCUT2D eigenvalue weighted by molar-refractivity contribution is 5.66. The van der Waals surface area contributed by atoms with Crippen molar-refractivity contribution in [1.29, 1.82) is 0 Å². The van der Waals surface area contributed by atoms with Gasteiger partial charge in [0, 0.05) is 11.1 Å². The Labute approximate surface area is 201 Å². The summed E-state index contributed by atoms with van der Waals surface area (Å²) < 4.78 is 64.7. The molecular formula is C29H38F4O. The molecule has 1 aliphatic rings. The van der Waals surface area contributed by atoms with Crippen molar-refractivity contribution in [3.8, 4) is 16.9 Å². The molecule has 1 nitrogen and oxygen atoms in total. The zero-order valence-electron chi connectivity index (χ0n) is 20.6. The predicted octanol–water partition coefficient (Wildman–Crippen LogP) is 9.72. The van der Waals surface area contributed by atoms with E-state index in [4.69, 9.17) is 4.74 Å². The maximum absolute atomic E-state index is 15.1. The average molecular weight is 479 g/mol. The lowest BCUT2D eigenvalue weighted by atomic mass is 9.76. The van der Waals surface area contributed by atoms with Crippen molar-refractivity contribution < 1.29 is 22.3 Å². The molecule has 1 fully saturated rings. The third-order valence-corrected chi connectivity index (χ3v) is 7.21. The van der Waals surface area contributed by atoms with E-state index in [2.05, 4.69) is 6.92 Å². The fourth-order valence-electron chi connectivity index (χ4n) is 5.10. The van der Waals surface area contributed by atoms with Crippen molar-refractivity contribution in [3.63, 3.8) is 0 Å². The van der Waals surface area contributed by atoms with E-state index in [0.29, 0.717) is 11.5 Å². The monoisotopic (exact) mass is 478 g/mol. The summed E-state index contributed by atoms with van der Waals surface area (Å²) in [6.07, 6.45) is 12.6. The molecule has 0 heterocycles. The van der Waals surface area contributed by atoms with Gasteiger partial charge in [-0.3, -0.25) is 0 Å². The Morgan fingerprint density at radius 2 is 1.29 bits per heavy atom. The highest BCUT2D eigenvalue weighted by Gasteiger charge is 2.27. The molecule has 0 spiro atoms. The lowest BCUT2D eigenvalue weighted by molar-refractivity contribution is 0.286. The molecule has 0 radical (unpaired) electrons. The molecule has 0 aromatic heterocycles. The minimum atomic E-state index is -1.22. The van der Waals surface area contributed by atoms with Crippen LogP contribution in [0, 0.1) is 29.2 Å². The van der Waals surface area contributed by atoms with E-state index in [9.17, 15) is 8.78 Å². The molecule has 2 aromatic rings. The van der Waals surface area contributed by atoms with Crippen molar-refractivity contribution in [1.82, 2.24) is 0 Å². The summed E-state index contributed by atoms with van der Waals surface area (Å²) in [6, 6.07) is 5.47. The van der Waals surface area contributed by atoms with Crippen LogP contribution in [0.15, 0.2) is 24.3 Å². The Morgan fingerprint density at radius 3 is 1.97 bits per heavy atom. The predicted molar refractivity (Wildman–Crippen MR) is 130 cm³/mol. The summed E-state index contributed by atoms with van der Waals surface area (Å²) in [5.41, 5.74) is -0.209. The number of unbranched alkanes of at least 4 members (excludes halogenated alkanes) is 5. The summed E-state index contributed by atoms with van der Waals surface area (Å²) in [5.74, 6) is -4.02. The van der Waals surface area contributed by atoms with Gasteiger partial charge in [0.05, 0.1) is 6.61 Å². The molecule has 0 unspecified atom stereocenters. The Balaban J connectivity index is 1.68. The first-order valence-corrected chi connectivity index (χ1v) is 13.1. The quantitative estimate of drug-likeness (QED) is 0.218. The van der Waals surface area contributed by atoms with Crippen molar-refractivity contribution in [2.75, 3.05) is 6.61 Å². The lowest BCUT2D eigenvalue weighted by Crippen LogP contribution is -2.15. The Morgan fingerprint density at radius 1 is 0.676 bits per heavy atom. The van der Waals surface area contributed by atoms with Gasteiger partial charge in [-0.25, -0.2) is 13.2 Å². The minimum Gasteiger partial charge on any atom is -0.490 e. The van der Waals surface area contributed by atoms with Crippen molar-refractivity contribution >= 4 is 0 Å². The number of hydrogen-bond acceptors (Lipinski definition) is 1. The van der Waals surface area contributed by atoms with Crippen molar-refractivity contribution in [3.05, 3.63) is 53.1 Å². The average Bonchev–Trinajstić information content (AvgIpc) is 2.85. The van der Waals surface area contributed by atoms with E-state index in [1.165, 1.54) is 50.3 Å². The summed E-state index contributed by atoms with van der Waals surface area (Å²) in [7, 11) is 0.